The van der Waals surface area contributed by atoms with Gasteiger partial charge in [0.2, 0.25) is 5.91 Å². The number of fused-ring (bicyclic) bond motifs is 2. The lowest BCUT2D eigenvalue weighted by Crippen LogP contribution is -2.52. The Morgan fingerprint density at radius 3 is 3.04 bits per heavy atom. The largest absolute Gasteiger partial charge is 0.373 e. The Morgan fingerprint density at radius 2 is 2.16 bits per heavy atom. The van der Waals surface area contributed by atoms with Gasteiger partial charge in [-0.3, -0.25) is 14.6 Å². The van der Waals surface area contributed by atoms with Crippen molar-refractivity contribution < 1.29 is 9.53 Å². The number of carbonyl (C=O) groups excluding carboxylic acids is 1. The molecule has 2 saturated heterocycles. The molecule has 5 heteroatoms. The van der Waals surface area contributed by atoms with Gasteiger partial charge in [0.1, 0.15) is 0 Å². The SMILES string of the molecule is CC(C(=O)NCC1CN2CCCC2CO1)N1CCc2ccccc2C1. The molecule has 1 aromatic carbocycles. The van der Waals surface area contributed by atoms with Crippen molar-refractivity contribution in [2.45, 2.75) is 50.9 Å². The monoisotopic (exact) mass is 343 g/mol. The summed E-state index contributed by atoms with van der Waals surface area (Å²) >= 11 is 0. The summed E-state index contributed by atoms with van der Waals surface area (Å²) in [6, 6.07) is 9.06. The Hall–Kier alpha value is -1.43. The highest BCUT2D eigenvalue weighted by Crippen LogP contribution is 2.23. The summed E-state index contributed by atoms with van der Waals surface area (Å²) in [5.41, 5.74) is 2.77. The number of hydrogen-bond acceptors (Lipinski definition) is 4. The molecule has 3 heterocycles. The van der Waals surface area contributed by atoms with Gasteiger partial charge in [-0.05, 0) is 43.9 Å². The molecule has 1 aromatic rings. The first-order valence-electron chi connectivity index (χ1n) is 9.65. The van der Waals surface area contributed by atoms with E-state index in [2.05, 4.69) is 39.4 Å². The van der Waals surface area contributed by atoms with Crippen LogP contribution < -0.4 is 5.32 Å². The van der Waals surface area contributed by atoms with E-state index in [0.717, 1.165) is 32.7 Å². The average Bonchev–Trinajstić information content (AvgIpc) is 3.13. The second-order valence-electron chi connectivity index (χ2n) is 7.66. The minimum atomic E-state index is -0.100. The highest BCUT2D eigenvalue weighted by atomic mass is 16.5. The summed E-state index contributed by atoms with van der Waals surface area (Å²) in [7, 11) is 0. The van der Waals surface area contributed by atoms with E-state index in [1.54, 1.807) is 0 Å². The molecule has 1 amide bonds. The average molecular weight is 343 g/mol. The molecular formula is C20H29N3O2. The van der Waals surface area contributed by atoms with Crippen molar-refractivity contribution in [3.63, 3.8) is 0 Å². The number of rotatable bonds is 4. The van der Waals surface area contributed by atoms with Gasteiger partial charge in [0.15, 0.2) is 0 Å². The van der Waals surface area contributed by atoms with E-state index in [0.29, 0.717) is 12.6 Å². The van der Waals surface area contributed by atoms with Gasteiger partial charge in [-0.2, -0.15) is 0 Å². The second-order valence-corrected chi connectivity index (χ2v) is 7.66. The van der Waals surface area contributed by atoms with Crippen LogP contribution >= 0.6 is 0 Å². The first kappa shape index (κ1) is 17.0. The summed E-state index contributed by atoms with van der Waals surface area (Å²) in [6.07, 6.45) is 3.69. The topological polar surface area (TPSA) is 44.8 Å². The zero-order valence-electron chi connectivity index (χ0n) is 15.1. The first-order chi connectivity index (χ1) is 12.2. The van der Waals surface area contributed by atoms with E-state index in [-0.39, 0.29) is 18.1 Å². The predicted octanol–water partition coefficient (Wildman–Crippen LogP) is 1.41. The minimum Gasteiger partial charge on any atom is -0.373 e. The third-order valence-electron chi connectivity index (χ3n) is 6.05. The normalized spacial score (nSPS) is 28.2. The Morgan fingerprint density at radius 1 is 1.32 bits per heavy atom. The molecule has 1 N–H and O–H groups in total. The van der Waals surface area contributed by atoms with Crippen molar-refractivity contribution in [1.82, 2.24) is 15.1 Å². The fourth-order valence-corrected chi connectivity index (χ4v) is 4.39. The van der Waals surface area contributed by atoms with E-state index >= 15 is 0 Å². The van der Waals surface area contributed by atoms with Crippen LogP contribution in [0.3, 0.4) is 0 Å². The van der Waals surface area contributed by atoms with Gasteiger partial charge in [-0.15, -0.1) is 0 Å². The molecule has 3 aliphatic rings. The van der Waals surface area contributed by atoms with Gasteiger partial charge >= 0.3 is 0 Å². The van der Waals surface area contributed by atoms with E-state index in [1.807, 2.05) is 6.92 Å². The molecule has 4 rings (SSSR count). The zero-order valence-corrected chi connectivity index (χ0v) is 15.1. The number of carbonyl (C=O) groups is 1. The molecule has 3 aliphatic heterocycles. The minimum absolute atomic E-state index is 0.100. The maximum Gasteiger partial charge on any atom is 0.237 e. The lowest BCUT2D eigenvalue weighted by atomic mass is 9.99. The molecule has 3 atom stereocenters. The molecule has 25 heavy (non-hydrogen) atoms. The number of nitrogens with zero attached hydrogens (tertiary/aromatic N) is 2. The van der Waals surface area contributed by atoms with Crippen LogP contribution in [0, 0.1) is 0 Å². The van der Waals surface area contributed by atoms with Gasteiger partial charge in [0.05, 0.1) is 18.8 Å². The van der Waals surface area contributed by atoms with E-state index in [4.69, 9.17) is 4.74 Å². The number of ether oxygens (including phenoxy) is 1. The smallest absolute Gasteiger partial charge is 0.237 e. The van der Waals surface area contributed by atoms with Crippen LogP contribution in [0.5, 0.6) is 0 Å². The van der Waals surface area contributed by atoms with Crippen molar-refractivity contribution in [1.29, 1.82) is 0 Å². The number of hydrogen-bond donors (Lipinski definition) is 1. The standard InChI is InChI=1S/C20H29N3O2/c1-15(22-10-8-16-5-2-3-6-17(16)12-22)20(24)21-11-19-13-23-9-4-7-18(23)14-25-19/h2-3,5-6,15,18-19H,4,7-14H2,1H3,(H,21,24). The molecule has 0 spiro atoms. The third kappa shape index (κ3) is 3.73. The van der Waals surface area contributed by atoms with Gasteiger partial charge in [-0.1, -0.05) is 24.3 Å². The van der Waals surface area contributed by atoms with Crippen LogP contribution in [-0.2, 0) is 22.5 Å². The molecule has 136 valence electrons. The summed E-state index contributed by atoms with van der Waals surface area (Å²) in [5.74, 6) is 0.117. The van der Waals surface area contributed by atoms with Crippen molar-refractivity contribution in [3.05, 3.63) is 35.4 Å². The van der Waals surface area contributed by atoms with Crippen LogP contribution in [-0.4, -0.2) is 66.7 Å². The lowest BCUT2D eigenvalue weighted by molar-refractivity contribution is -0.127. The van der Waals surface area contributed by atoms with Crippen molar-refractivity contribution in [3.8, 4) is 0 Å². The molecule has 3 unspecified atom stereocenters. The van der Waals surface area contributed by atoms with E-state index < -0.39 is 0 Å². The third-order valence-corrected chi connectivity index (χ3v) is 6.05. The maximum absolute atomic E-state index is 12.6. The Balaban J connectivity index is 1.27. The fourth-order valence-electron chi connectivity index (χ4n) is 4.39. The Kier molecular flexibility index (Phi) is 5.06. The van der Waals surface area contributed by atoms with Crippen molar-refractivity contribution >= 4 is 5.91 Å². The summed E-state index contributed by atoms with van der Waals surface area (Å²) in [6.45, 7) is 7.40. The zero-order chi connectivity index (χ0) is 17.2. The van der Waals surface area contributed by atoms with Crippen molar-refractivity contribution in [2.75, 3.05) is 32.8 Å². The summed E-state index contributed by atoms with van der Waals surface area (Å²) < 4.78 is 5.94. The van der Waals surface area contributed by atoms with E-state index in [9.17, 15) is 4.79 Å². The molecule has 0 aromatic heterocycles. The van der Waals surface area contributed by atoms with Crippen LogP contribution in [0.2, 0.25) is 0 Å². The molecule has 0 radical (unpaired) electrons. The highest BCUT2D eigenvalue weighted by molar-refractivity contribution is 5.81. The Bertz CT molecular complexity index is 621. The van der Waals surface area contributed by atoms with E-state index in [1.165, 1.54) is 30.5 Å². The molecule has 0 bridgehead atoms. The van der Waals surface area contributed by atoms with Gasteiger partial charge in [0, 0.05) is 32.2 Å². The fraction of sp³-hybridized carbons (Fsp3) is 0.650. The van der Waals surface area contributed by atoms with Crippen LogP contribution in [0.1, 0.15) is 30.9 Å². The number of benzene rings is 1. The molecular weight excluding hydrogens is 314 g/mol. The van der Waals surface area contributed by atoms with Crippen LogP contribution in [0.15, 0.2) is 24.3 Å². The number of nitrogens with one attached hydrogen (secondary N) is 1. The van der Waals surface area contributed by atoms with Gasteiger partial charge in [-0.25, -0.2) is 0 Å². The first-order valence-corrected chi connectivity index (χ1v) is 9.65. The summed E-state index contributed by atoms with van der Waals surface area (Å²) in [5, 5.41) is 3.12. The van der Waals surface area contributed by atoms with Crippen LogP contribution in [0.25, 0.3) is 0 Å². The number of morpholine rings is 1. The molecule has 2 fully saturated rings. The quantitative estimate of drug-likeness (QED) is 0.898. The highest BCUT2D eigenvalue weighted by Gasteiger charge is 2.33. The van der Waals surface area contributed by atoms with Crippen LogP contribution in [0.4, 0.5) is 0 Å². The molecule has 5 nitrogen and oxygen atoms in total. The van der Waals surface area contributed by atoms with Crippen molar-refractivity contribution in [2.24, 2.45) is 0 Å². The number of amides is 1. The summed E-state index contributed by atoms with van der Waals surface area (Å²) in [4.78, 5) is 17.4. The second kappa shape index (κ2) is 7.44. The predicted molar refractivity (Wildman–Crippen MR) is 97.4 cm³/mol. The van der Waals surface area contributed by atoms with Gasteiger partial charge < -0.3 is 10.1 Å². The molecule has 0 saturated carbocycles. The van der Waals surface area contributed by atoms with Gasteiger partial charge in [0.25, 0.3) is 0 Å². The Labute approximate surface area is 150 Å². The molecule has 0 aliphatic carbocycles. The lowest BCUT2D eigenvalue weighted by Gasteiger charge is -2.36. The maximum atomic E-state index is 12.6.